The molecule has 2 fully saturated rings. The Bertz CT molecular complexity index is 206. The maximum absolute atomic E-state index is 11.9. The van der Waals surface area contributed by atoms with Gasteiger partial charge in [0.2, 0.25) is 0 Å². The molecule has 1 saturated heterocycles. The van der Waals surface area contributed by atoms with Crippen molar-refractivity contribution < 1.29 is 18.3 Å². The van der Waals surface area contributed by atoms with Gasteiger partial charge in [-0.1, -0.05) is 0 Å². The highest BCUT2D eigenvalue weighted by molar-refractivity contribution is 5.05. The quantitative estimate of drug-likeness (QED) is 0.710. The minimum absolute atomic E-state index is 0.192. The number of hydrogen-bond acceptors (Lipinski definition) is 2. The minimum atomic E-state index is -4.13. The molecule has 0 atom stereocenters. The topological polar surface area (TPSA) is 23.5 Å². The van der Waals surface area contributed by atoms with E-state index in [1.54, 1.807) is 0 Å². The van der Waals surface area contributed by atoms with Gasteiger partial charge in [-0.3, -0.25) is 4.90 Å². The zero-order valence-corrected chi connectivity index (χ0v) is 7.14. The smallest absolute Gasteiger partial charge is 0.387 e. The third-order valence-electron chi connectivity index (χ3n) is 2.73. The second-order valence-electron chi connectivity index (χ2n) is 4.14. The standard InChI is InChI=1S/C8H12F3NO/c9-8(10,11)5-12-3-7(13,4-12)6-1-2-6/h6,13H,1-5H2. The first-order valence-corrected chi connectivity index (χ1v) is 4.41. The number of alkyl halides is 3. The molecular formula is C8H12F3NO. The van der Waals surface area contributed by atoms with E-state index in [1.165, 1.54) is 4.90 Å². The monoisotopic (exact) mass is 195 g/mol. The van der Waals surface area contributed by atoms with Crippen LogP contribution in [0.1, 0.15) is 12.8 Å². The molecule has 0 aromatic rings. The summed E-state index contributed by atoms with van der Waals surface area (Å²) in [6.45, 7) is -0.504. The van der Waals surface area contributed by atoms with Crippen LogP contribution in [0.2, 0.25) is 0 Å². The summed E-state index contributed by atoms with van der Waals surface area (Å²) in [5.74, 6) is 0.261. The number of halogens is 3. The molecule has 1 saturated carbocycles. The minimum Gasteiger partial charge on any atom is -0.387 e. The molecule has 2 aliphatic rings. The van der Waals surface area contributed by atoms with Crippen LogP contribution in [-0.4, -0.2) is 41.4 Å². The van der Waals surface area contributed by atoms with Gasteiger partial charge in [0.15, 0.2) is 0 Å². The molecule has 0 unspecified atom stereocenters. The predicted molar refractivity (Wildman–Crippen MR) is 40.2 cm³/mol. The van der Waals surface area contributed by atoms with Crippen LogP contribution < -0.4 is 0 Å². The van der Waals surface area contributed by atoms with Crippen LogP contribution in [0.5, 0.6) is 0 Å². The van der Waals surface area contributed by atoms with E-state index in [1.807, 2.05) is 0 Å². The maximum atomic E-state index is 11.9. The van der Waals surface area contributed by atoms with Crippen LogP contribution in [-0.2, 0) is 0 Å². The van der Waals surface area contributed by atoms with Gasteiger partial charge < -0.3 is 5.11 Å². The molecule has 13 heavy (non-hydrogen) atoms. The predicted octanol–water partition coefficient (Wildman–Crippen LogP) is 1.01. The molecule has 0 amide bonds. The molecule has 0 spiro atoms. The Balaban J connectivity index is 1.77. The van der Waals surface area contributed by atoms with Crippen LogP contribution in [0.25, 0.3) is 0 Å². The molecule has 2 rings (SSSR count). The Hall–Kier alpha value is -0.290. The number of rotatable bonds is 2. The third-order valence-corrected chi connectivity index (χ3v) is 2.73. The van der Waals surface area contributed by atoms with Gasteiger partial charge in [0.05, 0.1) is 12.1 Å². The Kier molecular flexibility index (Phi) is 1.86. The lowest BCUT2D eigenvalue weighted by Crippen LogP contribution is -2.64. The fourth-order valence-corrected chi connectivity index (χ4v) is 1.97. The molecule has 0 bridgehead atoms. The van der Waals surface area contributed by atoms with Gasteiger partial charge in [0.25, 0.3) is 0 Å². The summed E-state index contributed by atoms with van der Waals surface area (Å²) in [6.07, 6.45) is -2.20. The van der Waals surface area contributed by atoms with Crippen LogP contribution >= 0.6 is 0 Å². The lowest BCUT2D eigenvalue weighted by Gasteiger charge is -2.47. The number of nitrogens with zero attached hydrogens (tertiary/aromatic N) is 1. The van der Waals surface area contributed by atoms with Gasteiger partial charge in [-0.05, 0) is 18.8 Å². The molecule has 5 heteroatoms. The summed E-state index contributed by atoms with van der Waals surface area (Å²) >= 11 is 0. The first-order valence-electron chi connectivity index (χ1n) is 4.41. The Morgan fingerprint density at radius 3 is 2.23 bits per heavy atom. The largest absolute Gasteiger partial charge is 0.401 e. The molecule has 1 N–H and O–H groups in total. The highest BCUT2D eigenvalue weighted by Gasteiger charge is 2.53. The lowest BCUT2D eigenvalue weighted by atomic mass is 9.89. The van der Waals surface area contributed by atoms with Crippen molar-refractivity contribution in [3.8, 4) is 0 Å². The zero-order valence-electron chi connectivity index (χ0n) is 7.14. The van der Waals surface area contributed by atoms with E-state index in [0.29, 0.717) is 0 Å². The van der Waals surface area contributed by atoms with Gasteiger partial charge in [0, 0.05) is 13.1 Å². The van der Waals surface area contributed by atoms with Gasteiger partial charge in [-0.25, -0.2) is 0 Å². The maximum Gasteiger partial charge on any atom is 0.401 e. The number of hydrogen-bond donors (Lipinski definition) is 1. The summed E-state index contributed by atoms with van der Waals surface area (Å²) < 4.78 is 35.6. The Morgan fingerprint density at radius 1 is 1.31 bits per heavy atom. The average molecular weight is 195 g/mol. The first kappa shape index (κ1) is 9.27. The van der Waals surface area contributed by atoms with Gasteiger partial charge in [-0.2, -0.15) is 13.2 Å². The van der Waals surface area contributed by atoms with Crippen molar-refractivity contribution in [1.29, 1.82) is 0 Å². The fraction of sp³-hybridized carbons (Fsp3) is 1.00. The molecule has 76 valence electrons. The highest BCUT2D eigenvalue weighted by atomic mass is 19.4. The molecule has 0 aromatic carbocycles. The van der Waals surface area contributed by atoms with E-state index < -0.39 is 18.3 Å². The van der Waals surface area contributed by atoms with E-state index >= 15 is 0 Å². The number of likely N-dealkylation sites (tertiary alicyclic amines) is 1. The summed E-state index contributed by atoms with van der Waals surface area (Å²) in [4.78, 5) is 1.25. The normalized spacial score (nSPS) is 28.6. The number of β-amino-alcohol motifs (C(OH)–C–C–N with tert-alkyl or cyclic N) is 1. The van der Waals surface area contributed by atoms with E-state index in [2.05, 4.69) is 0 Å². The van der Waals surface area contributed by atoms with E-state index in [9.17, 15) is 18.3 Å². The average Bonchev–Trinajstić information content (AvgIpc) is 2.59. The Labute approximate surface area is 74.3 Å². The fourth-order valence-electron chi connectivity index (χ4n) is 1.97. The second-order valence-corrected chi connectivity index (χ2v) is 4.14. The molecule has 0 radical (unpaired) electrons. The van der Waals surface area contributed by atoms with E-state index in [0.717, 1.165) is 12.8 Å². The van der Waals surface area contributed by atoms with Crippen LogP contribution in [0, 0.1) is 5.92 Å². The second kappa shape index (κ2) is 2.60. The summed E-state index contributed by atoms with van der Waals surface area (Å²) in [5, 5.41) is 9.71. The van der Waals surface area contributed by atoms with Crippen molar-refractivity contribution >= 4 is 0 Å². The van der Waals surface area contributed by atoms with E-state index in [-0.39, 0.29) is 19.0 Å². The van der Waals surface area contributed by atoms with Crippen LogP contribution in [0.4, 0.5) is 13.2 Å². The molecule has 1 heterocycles. The van der Waals surface area contributed by atoms with Crippen molar-refractivity contribution in [2.24, 2.45) is 5.92 Å². The van der Waals surface area contributed by atoms with Crippen LogP contribution in [0.15, 0.2) is 0 Å². The lowest BCUT2D eigenvalue weighted by molar-refractivity contribution is -0.190. The van der Waals surface area contributed by atoms with Crippen molar-refractivity contribution in [3.63, 3.8) is 0 Å². The van der Waals surface area contributed by atoms with Crippen molar-refractivity contribution in [3.05, 3.63) is 0 Å². The molecule has 1 aliphatic heterocycles. The third kappa shape index (κ3) is 1.96. The van der Waals surface area contributed by atoms with Gasteiger partial charge >= 0.3 is 6.18 Å². The molecular weight excluding hydrogens is 183 g/mol. The number of aliphatic hydroxyl groups is 1. The summed E-state index contributed by atoms with van der Waals surface area (Å²) in [6, 6.07) is 0. The summed E-state index contributed by atoms with van der Waals surface area (Å²) in [5.41, 5.74) is -0.800. The Morgan fingerprint density at radius 2 is 1.85 bits per heavy atom. The van der Waals surface area contributed by atoms with Crippen LogP contribution in [0.3, 0.4) is 0 Å². The van der Waals surface area contributed by atoms with Crippen molar-refractivity contribution in [2.45, 2.75) is 24.6 Å². The molecule has 0 aromatic heterocycles. The summed E-state index contributed by atoms with van der Waals surface area (Å²) in [7, 11) is 0. The first-order chi connectivity index (χ1) is 5.89. The zero-order chi connectivity index (χ0) is 9.69. The van der Waals surface area contributed by atoms with Gasteiger partial charge in [0.1, 0.15) is 0 Å². The van der Waals surface area contributed by atoms with E-state index in [4.69, 9.17) is 0 Å². The van der Waals surface area contributed by atoms with Crippen molar-refractivity contribution in [2.75, 3.05) is 19.6 Å². The SMILES string of the molecule is OC1(C2CC2)CN(CC(F)(F)F)C1. The van der Waals surface area contributed by atoms with Crippen molar-refractivity contribution in [1.82, 2.24) is 4.90 Å². The highest BCUT2D eigenvalue weighted by Crippen LogP contribution is 2.44. The van der Waals surface area contributed by atoms with Gasteiger partial charge in [-0.15, -0.1) is 0 Å². The molecule has 2 nitrogen and oxygen atoms in total. The molecule has 1 aliphatic carbocycles.